The lowest BCUT2D eigenvalue weighted by molar-refractivity contribution is 0.0998. The SMILES string of the molecule is CC(C)CCCOCc1ccc(CNC2CC2)o1. The lowest BCUT2D eigenvalue weighted by Crippen LogP contribution is -2.14. The van der Waals surface area contributed by atoms with Gasteiger partial charge in [0.1, 0.15) is 18.1 Å². The van der Waals surface area contributed by atoms with Crippen molar-refractivity contribution in [3.8, 4) is 0 Å². The maximum Gasteiger partial charge on any atom is 0.129 e. The second-order valence-electron chi connectivity index (χ2n) is 5.61. The maximum atomic E-state index is 5.70. The Morgan fingerprint density at radius 1 is 1.33 bits per heavy atom. The first-order valence-electron chi connectivity index (χ1n) is 7.13. The lowest BCUT2D eigenvalue weighted by atomic mass is 10.1. The van der Waals surface area contributed by atoms with Gasteiger partial charge >= 0.3 is 0 Å². The summed E-state index contributed by atoms with van der Waals surface area (Å²) in [6.07, 6.45) is 4.99. The predicted molar refractivity (Wildman–Crippen MR) is 72.3 cm³/mol. The predicted octanol–water partition coefficient (Wildman–Crippen LogP) is 3.48. The Labute approximate surface area is 110 Å². The van der Waals surface area contributed by atoms with E-state index in [-0.39, 0.29) is 0 Å². The van der Waals surface area contributed by atoms with E-state index in [2.05, 4.69) is 19.2 Å². The van der Waals surface area contributed by atoms with E-state index in [1.54, 1.807) is 0 Å². The van der Waals surface area contributed by atoms with Crippen LogP contribution in [0.15, 0.2) is 16.5 Å². The van der Waals surface area contributed by atoms with Crippen molar-refractivity contribution in [2.24, 2.45) is 5.92 Å². The molecule has 1 aromatic heterocycles. The molecule has 0 radical (unpaired) electrons. The highest BCUT2D eigenvalue weighted by Gasteiger charge is 2.20. The molecule has 3 heteroatoms. The lowest BCUT2D eigenvalue weighted by Gasteiger charge is -2.04. The van der Waals surface area contributed by atoms with Crippen molar-refractivity contribution in [1.82, 2.24) is 5.32 Å². The smallest absolute Gasteiger partial charge is 0.129 e. The van der Waals surface area contributed by atoms with Gasteiger partial charge in [0.2, 0.25) is 0 Å². The van der Waals surface area contributed by atoms with Crippen LogP contribution in [-0.2, 0) is 17.9 Å². The summed E-state index contributed by atoms with van der Waals surface area (Å²) in [6, 6.07) is 4.79. The fourth-order valence-electron chi connectivity index (χ4n) is 1.89. The van der Waals surface area contributed by atoms with Crippen LogP contribution in [0.5, 0.6) is 0 Å². The molecule has 1 aliphatic rings. The molecule has 0 atom stereocenters. The average Bonchev–Trinajstić information content (AvgIpc) is 3.06. The zero-order valence-corrected chi connectivity index (χ0v) is 11.6. The Kier molecular flexibility index (Phi) is 5.26. The Balaban J connectivity index is 1.57. The Morgan fingerprint density at radius 2 is 2.11 bits per heavy atom. The summed E-state index contributed by atoms with van der Waals surface area (Å²) in [4.78, 5) is 0. The van der Waals surface area contributed by atoms with Gasteiger partial charge in [-0.15, -0.1) is 0 Å². The van der Waals surface area contributed by atoms with E-state index in [0.29, 0.717) is 6.61 Å². The molecule has 0 bridgehead atoms. The van der Waals surface area contributed by atoms with Gasteiger partial charge in [0.15, 0.2) is 0 Å². The normalized spacial score (nSPS) is 15.5. The van der Waals surface area contributed by atoms with Gasteiger partial charge in [-0.3, -0.25) is 0 Å². The van der Waals surface area contributed by atoms with E-state index < -0.39 is 0 Å². The third kappa shape index (κ3) is 5.23. The molecular formula is C15H25NO2. The topological polar surface area (TPSA) is 34.4 Å². The molecule has 102 valence electrons. The minimum Gasteiger partial charge on any atom is -0.462 e. The summed E-state index contributed by atoms with van der Waals surface area (Å²) in [5, 5.41) is 3.44. The van der Waals surface area contributed by atoms with Crippen LogP contribution >= 0.6 is 0 Å². The third-order valence-electron chi connectivity index (χ3n) is 3.17. The van der Waals surface area contributed by atoms with Crippen LogP contribution in [0.3, 0.4) is 0 Å². The molecule has 3 nitrogen and oxygen atoms in total. The van der Waals surface area contributed by atoms with Crippen LogP contribution in [0.1, 0.15) is 51.1 Å². The molecule has 1 aromatic rings. The monoisotopic (exact) mass is 251 g/mol. The van der Waals surface area contributed by atoms with E-state index >= 15 is 0 Å². The van der Waals surface area contributed by atoms with E-state index in [1.807, 2.05) is 12.1 Å². The summed E-state index contributed by atoms with van der Waals surface area (Å²) in [7, 11) is 0. The minimum absolute atomic E-state index is 0.599. The number of ether oxygens (including phenoxy) is 1. The third-order valence-corrected chi connectivity index (χ3v) is 3.17. The quantitative estimate of drug-likeness (QED) is 0.682. The van der Waals surface area contributed by atoms with Crippen molar-refractivity contribution in [3.05, 3.63) is 23.7 Å². The highest BCUT2D eigenvalue weighted by molar-refractivity contribution is 5.06. The van der Waals surface area contributed by atoms with Crippen LogP contribution in [0, 0.1) is 5.92 Å². The van der Waals surface area contributed by atoms with Gasteiger partial charge in [0, 0.05) is 12.6 Å². The Hall–Kier alpha value is -0.800. The molecule has 1 fully saturated rings. The number of rotatable bonds is 9. The van der Waals surface area contributed by atoms with Crippen molar-refractivity contribution in [2.45, 2.75) is 58.7 Å². The van der Waals surface area contributed by atoms with Crippen LogP contribution in [0.25, 0.3) is 0 Å². The molecule has 18 heavy (non-hydrogen) atoms. The zero-order valence-electron chi connectivity index (χ0n) is 11.6. The average molecular weight is 251 g/mol. The van der Waals surface area contributed by atoms with Gasteiger partial charge in [-0.25, -0.2) is 0 Å². The molecule has 0 aliphatic heterocycles. The van der Waals surface area contributed by atoms with Crippen LogP contribution in [0.4, 0.5) is 0 Å². The second-order valence-corrected chi connectivity index (χ2v) is 5.61. The van der Waals surface area contributed by atoms with E-state index in [9.17, 15) is 0 Å². The number of hydrogen-bond donors (Lipinski definition) is 1. The second kappa shape index (κ2) is 6.95. The van der Waals surface area contributed by atoms with Crippen molar-refractivity contribution >= 4 is 0 Å². The fraction of sp³-hybridized carbons (Fsp3) is 0.733. The van der Waals surface area contributed by atoms with Crippen LogP contribution in [-0.4, -0.2) is 12.6 Å². The Morgan fingerprint density at radius 3 is 2.83 bits per heavy atom. The van der Waals surface area contributed by atoms with Gasteiger partial charge in [-0.2, -0.15) is 0 Å². The molecular weight excluding hydrogens is 226 g/mol. The first-order chi connectivity index (χ1) is 8.74. The summed E-state index contributed by atoms with van der Waals surface area (Å²) >= 11 is 0. The van der Waals surface area contributed by atoms with Gasteiger partial charge in [-0.05, 0) is 43.7 Å². The van der Waals surface area contributed by atoms with Crippen molar-refractivity contribution in [3.63, 3.8) is 0 Å². The van der Waals surface area contributed by atoms with Gasteiger partial charge < -0.3 is 14.5 Å². The van der Waals surface area contributed by atoms with E-state index in [0.717, 1.165) is 43.1 Å². The van der Waals surface area contributed by atoms with Gasteiger partial charge in [0.25, 0.3) is 0 Å². The molecule has 2 rings (SSSR count). The molecule has 1 heterocycles. The van der Waals surface area contributed by atoms with E-state index in [1.165, 1.54) is 19.3 Å². The summed E-state index contributed by atoms with van der Waals surface area (Å²) in [5.41, 5.74) is 0. The molecule has 1 N–H and O–H groups in total. The van der Waals surface area contributed by atoms with Crippen molar-refractivity contribution in [2.75, 3.05) is 6.61 Å². The minimum atomic E-state index is 0.599. The van der Waals surface area contributed by atoms with Gasteiger partial charge in [0.05, 0.1) is 6.54 Å². The number of nitrogens with one attached hydrogen (secondary N) is 1. The summed E-state index contributed by atoms with van der Waals surface area (Å²) < 4.78 is 11.3. The number of furan rings is 1. The largest absolute Gasteiger partial charge is 0.462 e. The molecule has 0 amide bonds. The highest BCUT2D eigenvalue weighted by atomic mass is 16.5. The van der Waals surface area contributed by atoms with Crippen molar-refractivity contribution < 1.29 is 9.15 Å². The van der Waals surface area contributed by atoms with Crippen molar-refractivity contribution in [1.29, 1.82) is 0 Å². The molecule has 0 aromatic carbocycles. The molecule has 0 unspecified atom stereocenters. The fourth-order valence-corrected chi connectivity index (χ4v) is 1.89. The molecule has 0 spiro atoms. The first-order valence-corrected chi connectivity index (χ1v) is 7.13. The Bertz CT molecular complexity index is 342. The summed E-state index contributed by atoms with van der Waals surface area (Å²) in [5.74, 6) is 2.71. The maximum absolute atomic E-state index is 5.70. The standard InChI is InChI=1S/C15H25NO2/c1-12(2)4-3-9-17-11-15-8-7-14(18-15)10-16-13-5-6-13/h7-8,12-13,16H,3-6,9-11H2,1-2H3. The van der Waals surface area contributed by atoms with Crippen LogP contribution in [0.2, 0.25) is 0 Å². The zero-order chi connectivity index (χ0) is 12.8. The highest BCUT2D eigenvalue weighted by Crippen LogP contribution is 2.19. The molecule has 1 saturated carbocycles. The van der Waals surface area contributed by atoms with Gasteiger partial charge in [-0.1, -0.05) is 13.8 Å². The van der Waals surface area contributed by atoms with Crippen LogP contribution < -0.4 is 5.32 Å². The summed E-state index contributed by atoms with van der Waals surface area (Å²) in [6.45, 7) is 6.76. The molecule has 1 aliphatic carbocycles. The first kappa shape index (κ1) is 13.6. The number of hydrogen-bond acceptors (Lipinski definition) is 3. The van der Waals surface area contributed by atoms with E-state index in [4.69, 9.17) is 9.15 Å². The molecule has 0 saturated heterocycles.